The van der Waals surface area contributed by atoms with Gasteiger partial charge in [0.15, 0.2) is 6.61 Å². The number of carbonyl (C=O) groups is 1. The maximum absolute atomic E-state index is 12.0. The summed E-state index contributed by atoms with van der Waals surface area (Å²) < 4.78 is 5.64. The molecule has 0 bridgehead atoms. The normalized spacial score (nSPS) is 22.4. The molecule has 1 aliphatic rings. The molecule has 1 fully saturated rings. The number of carbonyl (C=O) groups excluding carboxylic acids is 1. The van der Waals surface area contributed by atoms with E-state index in [4.69, 9.17) is 4.74 Å². The van der Waals surface area contributed by atoms with Gasteiger partial charge in [-0.3, -0.25) is 4.79 Å². The summed E-state index contributed by atoms with van der Waals surface area (Å²) in [4.78, 5) is 12.0. The minimum atomic E-state index is -0.00958. The van der Waals surface area contributed by atoms with Gasteiger partial charge >= 0.3 is 0 Å². The number of nitrogens with one attached hydrogen (secondary N) is 1. The Morgan fingerprint density at radius 3 is 2.80 bits per heavy atom. The van der Waals surface area contributed by atoms with Crippen LogP contribution in [0.2, 0.25) is 0 Å². The molecule has 1 aliphatic carbocycles. The van der Waals surface area contributed by atoms with Gasteiger partial charge in [-0.2, -0.15) is 0 Å². The van der Waals surface area contributed by atoms with Crippen LogP contribution in [0.4, 0.5) is 0 Å². The fraction of sp³-hybridized carbons (Fsp3) is 0.588. The SMILES string of the molecule is Cc1cccc(OCC(=O)N[C@@H]2CCCC[C@H]2C)c1C. The fourth-order valence-electron chi connectivity index (χ4n) is 2.80. The molecule has 0 aromatic heterocycles. The zero-order valence-electron chi connectivity index (χ0n) is 12.7. The third kappa shape index (κ3) is 3.75. The summed E-state index contributed by atoms with van der Waals surface area (Å²) in [5.41, 5.74) is 2.29. The smallest absolute Gasteiger partial charge is 0.258 e. The van der Waals surface area contributed by atoms with Crippen LogP contribution in [0.3, 0.4) is 0 Å². The van der Waals surface area contributed by atoms with Crippen molar-refractivity contribution < 1.29 is 9.53 Å². The molecule has 3 nitrogen and oxygen atoms in total. The summed E-state index contributed by atoms with van der Waals surface area (Å²) in [6.07, 6.45) is 4.80. The maximum Gasteiger partial charge on any atom is 0.258 e. The molecule has 0 heterocycles. The van der Waals surface area contributed by atoms with E-state index in [1.165, 1.54) is 24.8 Å². The molecule has 1 aromatic carbocycles. The van der Waals surface area contributed by atoms with Crippen LogP contribution in [-0.4, -0.2) is 18.6 Å². The molecule has 0 aliphatic heterocycles. The van der Waals surface area contributed by atoms with Crippen molar-refractivity contribution in [2.75, 3.05) is 6.61 Å². The van der Waals surface area contributed by atoms with E-state index in [1.807, 2.05) is 32.0 Å². The fourth-order valence-corrected chi connectivity index (χ4v) is 2.80. The van der Waals surface area contributed by atoms with Gasteiger partial charge in [-0.05, 0) is 49.8 Å². The lowest BCUT2D eigenvalue weighted by Crippen LogP contribution is -2.43. The third-order valence-corrected chi connectivity index (χ3v) is 4.37. The lowest BCUT2D eigenvalue weighted by atomic mass is 9.86. The van der Waals surface area contributed by atoms with Crippen molar-refractivity contribution in [3.8, 4) is 5.75 Å². The van der Waals surface area contributed by atoms with E-state index in [0.717, 1.165) is 17.7 Å². The Hall–Kier alpha value is -1.51. The van der Waals surface area contributed by atoms with Gasteiger partial charge in [-0.1, -0.05) is 31.9 Å². The van der Waals surface area contributed by atoms with Gasteiger partial charge in [0.2, 0.25) is 0 Å². The maximum atomic E-state index is 12.0. The Bertz CT molecular complexity index is 470. The number of ether oxygens (including phenoxy) is 1. The molecule has 2 atom stereocenters. The lowest BCUT2D eigenvalue weighted by molar-refractivity contribution is -0.124. The van der Waals surface area contributed by atoms with Crippen LogP contribution in [0.25, 0.3) is 0 Å². The first-order valence-electron chi connectivity index (χ1n) is 7.56. The minimum Gasteiger partial charge on any atom is -0.483 e. The molecule has 2 rings (SSSR count). The van der Waals surface area contributed by atoms with Crippen molar-refractivity contribution in [1.29, 1.82) is 0 Å². The molecule has 0 unspecified atom stereocenters. The predicted molar refractivity (Wildman–Crippen MR) is 81.0 cm³/mol. The van der Waals surface area contributed by atoms with Crippen LogP contribution in [-0.2, 0) is 4.79 Å². The van der Waals surface area contributed by atoms with Gasteiger partial charge in [0.25, 0.3) is 5.91 Å². The standard InChI is InChI=1S/C17H25NO2/c1-12-8-6-10-16(14(12)3)20-11-17(19)18-15-9-5-4-7-13(15)2/h6,8,10,13,15H,4-5,7,9,11H2,1-3H3,(H,18,19)/t13-,15-/m1/s1. The van der Waals surface area contributed by atoms with Crippen LogP contribution < -0.4 is 10.1 Å². The van der Waals surface area contributed by atoms with Crippen molar-refractivity contribution in [2.24, 2.45) is 5.92 Å². The highest BCUT2D eigenvalue weighted by Gasteiger charge is 2.22. The second kappa shape index (κ2) is 6.78. The topological polar surface area (TPSA) is 38.3 Å². The van der Waals surface area contributed by atoms with Crippen molar-refractivity contribution in [1.82, 2.24) is 5.32 Å². The predicted octanol–water partition coefficient (Wildman–Crippen LogP) is 3.38. The highest BCUT2D eigenvalue weighted by molar-refractivity contribution is 5.77. The third-order valence-electron chi connectivity index (χ3n) is 4.37. The van der Waals surface area contributed by atoms with Gasteiger partial charge in [0.05, 0.1) is 0 Å². The molecule has 110 valence electrons. The van der Waals surface area contributed by atoms with Gasteiger partial charge in [-0.25, -0.2) is 0 Å². The van der Waals surface area contributed by atoms with E-state index < -0.39 is 0 Å². The van der Waals surface area contributed by atoms with E-state index in [0.29, 0.717) is 12.0 Å². The van der Waals surface area contributed by atoms with Crippen molar-refractivity contribution in [3.63, 3.8) is 0 Å². The second-order valence-electron chi connectivity index (χ2n) is 5.92. The first-order chi connectivity index (χ1) is 9.58. The van der Waals surface area contributed by atoms with E-state index in [9.17, 15) is 4.79 Å². The Morgan fingerprint density at radius 2 is 2.05 bits per heavy atom. The molecule has 3 heteroatoms. The van der Waals surface area contributed by atoms with E-state index in [2.05, 4.69) is 12.2 Å². The highest BCUT2D eigenvalue weighted by atomic mass is 16.5. The average molecular weight is 275 g/mol. The zero-order valence-corrected chi connectivity index (χ0v) is 12.7. The summed E-state index contributed by atoms with van der Waals surface area (Å²) in [7, 11) is 0. The van der Waals surface area contributed by atoms with Gasteiger partial charge in [-0.15, -0.1) is 0 Å². The lowest BCUT2D eigenvalue weighted by Gasteiger charge is -2.29. The van der Waals surface area contributed by atoms with E-state index in [-0.39, 0.29) is 12.5 Å². The largest absolute Gasteiger partial charge is 0.483 e. The van der Waals surface area contributed by atoms with Crippen molar-refractivity contribution >= 4 is 5.91 Å². The van der Waals surface area contributed by atoms with Crippen LogP contribution in [0.15, 0.2) is 18.2 Å². The Labute approximate surface area is 121 Å². The summed E-state index contributed by atoms with van der Waals surface area (Å²) >= 11 is 0. The molecule has 0 radical (unpaired) electrons. The van der Waals surface area contributed by atoms with Crippen LogP contribution in [0, 0.1) is 19.8 Å². The average Bonchev–Trinajstić information content (AvgIpc) is 2.43. The van der Waals surface area contributed by atoms with Crippen molar-refractivity contribution in [3.05, 3.63) is 29.3 Å². The Kier molecular flexibility index (Phi) is 5.05. The van der Waals surface area contributed by atoms with Gasteiger partial charge < -0.3 is 10.1 Å². The first kappa shape index (κ1) is 14.9. The minimum absolute atomic E-state index is 0.00958. The molecule has 1 N–H and O–H groups in total. The number of amides is 1. The summed E-state index contributed by atoms with van der Waals surface area (Å²) in [6.45, 7) is 6.39. The molecule has 1 saturated carbocycles. The molecule has 20 heavy (non-hydrogen) atoms. The molecule has 1 aromatic rings. The molecular formula is C17H25NO2. The Morgan fingerprint density at radius 1 is 1.30 bits per heavy atom. The number of aryl methyl sites for hydroxylation is 1. The van der Waals surface area contributed by atoms with Crippen LogP contribution >= 0.6 is 0 Å². The molecule has 0 saturated heterocycles. The summed E-state index contributed by atoms with van der Waals surface area (Å²) in [5, 5.41) is 3.11. The molecular weight excluding hydrogens is 250 g/mol. The molecule has 1 amide bonds. The van der Waals surface area contributed by atoms with Crippen molar-refractivity contribution in [2.45, 2.75) is 52.5 Å². The number of rotatable bonds is 4. The van der Waals surface area contributed by atoms with Gasteiger partial charge in [0.1, 0.15) is 5.75 Å². The summed E-state index contributed by atoms with van der Waals surface area (Å²) in [5.74, 6) is 1.37. The zero-order chi connectivity index (χ0) is 14.5. The van der Waals surface area contributed by atoms with E-state index >= 15 is 0 Å². The highest BCUT2D eigenvalue weighted by Crippen LogP contribution is 2.24. The quantitative estimate of drug-likeness (QED) is 0.915. The second-order valence-corrected chi connectivity index (χ2v) is 5.92. The summed E-state index contributed by atoms with van der Waals surface area (Å²) in [6, 6.07) is 6.24. The number of benzene rings is 1. The van der Waals surface area contributed by atoms with Gasteiger partial charge in [0, 0.05) is 6.04 Å². The first-order valence-corrected chi connectivity index (χ1v) is 7.56. The number of hydrogen-bond acceptors (Lipinski definition) is 2. The monoisotopic (exact) mass is 275 g/mol. The number of hydrogen-bond donors (Lipinski definition) is 1. The molecule has 0 spiro atoms. The Balaban J connectivity index is 1.84. The van der Waals surface area contributed by atoms with E-state index in [1.54, 1.807) is 0 Å². The van der Waals surface area contributed by atoms with Crippen LogP contribution in [0.5, 0.6) is 5.75 Å². The van der Waals surface area contributed by atoms with Crippen LogP contribution in [0.1, 0.15) is 43.7 Å².